The van der Waals surface area contributed by atoms with E-state index in [1.807, 2.05) is 24.3 Å². The smallest absolute Gasteiger partial charge is 0.311 e. The first-order chi connectivity index (χ1) is 9.20. The van der Waals surface area contributed by atoms with Gasteiger partial charge in [-0.05, 0) is 30.5 Å². The van der Waals surface area contributed by atoms with Crippen LogP contribution in [0.25, 0.3) is 0 Å². The molecule has 2 amide bonds. The quantitative estimate of drug-likeness (QED) is 0.825. The van der Waals surface area contributed by atoms with E-state index in [4.69, 9.17) is 4.74 Å². The SMILES string of the molecule is COc1ccc(CNC(=O)C(=O)N2CCCC2)cc1. The Balaban J connectivity index is 1.83. The number of nitrogens with one attached hydrogen (secondary N) is 1. The lowest BCUT2D eigenvalue weighted by atomic mass is 10.2. The lowest BCUT2D eigenvalue weighted by molar-refractivity contribution is -0.145. The van der Waals surface area contributed by atoms with Crippen LogP contribution in [0.4, 0.5) is 0 Å². The molecule has 1 aliphatic heterocycles. The van der Waals surface area contributed by atoms with Gasteiger partial charge < -0.3 is 15.0 Å². The molecule has 0 saturated carbocycles. The van der Waals surface area contributed by atoms with Crippen LogP contribution >= 0.6 is 0 Å². The summed E-state index contributed by atoms with van der Waals surface area (Å²) in [5.41, 5.74) is 0.934. The molecule has 1 aromatic rings. The highest BCUT2D eigenvalue weighted by Gasteiger charge is 2.23. The molecule has 0 bridgehead atoms. The minimum atomic E-state index is -0.530. The predicted molar refractivity (Wildman–Crippen MR) is 70.7 cm³/mol. The van der Waals surface area contributed by atoms with E-state index in [1.165, 1.54) is 0 Å². The fraction of sp³-hybridized carbons (Fsp3) is 0.429. The maximum Gasteiger partial charge on any atom is 0.311 e. The molecule has 2 rings (SSSR count). The molecular formula is C14H18N2O3. The van der Waals surface area contributed by atoms with Crippen LogP contribution in [-0.2, 0) is 16.1 Å². The van der Waals surface area contributed by atoms with Crippen molar-refractivity contribution in [2.45, 2.75) is 19.4 Å². The number of ether oxygens (including phenoxy) is 1. The van der Waals surface area contributed by atoms with Gasteiger partial charge in [-0.25, -0.2) is 0 Å². The Labute approximate surface area is 112 Å². The molecule has 1 fully saturated rings. The summed E-state index contributed by atoms with van der Waals surface area (Å²) >= 11 is 0. The zero-order valence-corrected chi connectivity index (χ0v) is 11.0. The molecular weight excluding hydrogens is 244 g/mol. The number of likely N-dealkylation sites (tertiary alicyclic amines) is 1. The molecule has 1 N–H and O–H groups in total. The molecule has 1 heterocycles. The second kappa shape index (κ2) is 6.22. The van der Waals surface area contributed by atoms with Crippen LogP contribution in [0.5, 0.6) is 5.75 Å². The number of hydrogen-bond donors (Lipinski definition) is 1. The van der Waals surface area contributed by atoms with Crippen molar-refractivity contribution < 1.29 is 14.3 Å². The minimum Gasteiger partial charge on any atom is -0.497 e. The molecule has 0 aromatic heterocycles. The normalized spacial score (nSPS) is 14.3. The standard InChI is InChI=1S/C14H18N2O3/c1-19-12-6-4-11(5-7-12)10-15-13(17)14(18)16-8-2-3-9-16/h4-7H,2-3,8-10H2,1H3,(H,15,17). The van der Waals surface area contributed by atoms with E-state index >= 15 is 0 Å². The molecule has 5 heteroatoms. The Bertz CT molecular complexity index is 450. The first-order valence-corrected chi connectivity index (χ1v) is 6.41. The Hall–Kier alpha value is -2.04. The fourth-order valence-electron chi connectivity index (χ4n) is 2.07. The van der Waals surface area contributed by atoms with Crippen molar-refractivity contribution in [2.24, 2.45) is 0 Å². The van der Waals surface area contributed by atoms with Gasteiger partial charge in [-0.3, -0.25) is 9.59 Å². The van der Waals surface area contributed by atoms with Gasteiger partial charge in [0, 0.05) is 19.6 Å². The van der Waals surface area contributed by atoms with Gasteiger partial charge in [-0.15, -0.1) is 0 Å². The topological polar surface area (TPSA) is 58.6 Å². The van der Waals surface area contributed by atoms with Crippen LogP contribution in [-0.4, -0.2) is 36.9 Å². The van der Waals surface area contributed by atoms with Crippen molar-refractivity contribution in [3.63, 3.8) is 0 Å². The maximum absolute atomic E-state index is 11.8. The van der Waals surface area contributed by atoms with Crippen molar-refractivity contribution in [3.8, 4) is 5.75 Å². The van der Waals surface area contributed by atoms with E-state index in [0.717, 1.165) is 24.2 Å². The molecule has 5 nitrogen and oxygen atoms in total. The minimum absolute atomic E-state index is 0.350. The zero-order valence-electron chi connectivity index (χ0n) is 11.0. The Kier molecular flexibility index (Phi) is 4.39. The van der Waals surface area contributed by atoms with Gasteiger partial charge in [0.25, 0.3) is 0 Å². The third-order valence-corrected chi connectivity index (χ3v) is 3.20. The monoisotopic (exact) mass is 262 g/mol. The largest absolute Gasteiger partial charge is 0.497 e. The number of carbonyl (C=O) groups is 2. The lowest BCUT2D eigenvalue weighted by Crippen LogP contribution is -2.41. The summed E-state index contributed by atoms with van der Waals surface area (Å²) in [6.45, 7) is 1.73. The van der Waals surface area contributed by atoms with E-state index < -0.39 is 11.8 Å². The first kappa shape index (κ1) is 13.4. The molecule has 102 valence electrons. The highest BCUT2D eigenvalue weighted by molar-refractivity contribution is 6.35. The number of nitrogens with zero attached hydrogens (tertiary/aromatic N) is 1. The van der Waals surface area contributed by atoms with Gasteiger partial charge in [0.05, 0.1) is 7.11 Å². The van der Waals surface area contributed by atoms with Gasteiger partial charge in [0.15, 0.2) is 0 Å². The predicted octanol–water partition coefficient (Wildman–Crippen LogP) is 0.934. The van der Waals surface area contributed by atoms with Crippen molar-refractivity contribution in [3.05, 3.63) is 29.8 Å². The molecule has 1 aliphatic rings. The van der Waals surface area contributed by atoms with E-state index in [2.05, 4.69) is 5.32 Å². The maximum atomic E-state index is 11.8. The van der Waals surface area contributed by atoms with Gasteiger partial charge in [-0.2, -0.15) is 0 Å². The van der Waals surface area contributed by atoms with Crippen LogP contribution in [0, 0.1) is 0 Å². The summed E-state index contributed by atoms with van der Waals surface area (Å²) in [4.78, 5) is 25.1. The highest BCUT2D eigenvalue weighted by Crippen LogP contribution is 2.11. The highest BCUT2D eigenvalue weighted by atomic mass is 16.5. The number of hydrogen-bond acceptors (Lipinski definition) is 3. The van der Waals surface area contributed by atoms with Crippen LogP contribution in [0.1, 0.15) is 18.4 Å². The Morgan fingerprint density at radius 3 is 2.42 bits per heavy atom. The summed E-state index contributed by atoms with van der Waals surface area (Å²) in [5.74, 6) is -0.188. The molecule has 0 radical (unpaired) electrons. The third-order valence-electron chi connectivity index (χ3n) is 3.20. The van der Waals surface area contributed by atoms with Crippen LogP contribution < -0.4 is 10.1 Å². The zero-order chi connectivity index (χ0) is 13.7. The van der Waals surface area contributed by atoms with Crippen molar-refractivity contribution in [1.82, 2.24) is 10.2 Å². The van der Waals surface area contributed by atoms with E-state index in [1.54, 1.807) is 12.0 Å². The van der Waals surface area contributed by atoms with E-state index in [0.29, 0.717) is 19.6 Å². The average Bonchev–Trinajstić information content (AvgIpc) is 2.98. The van der Waals surface area contributed by atoms with Crippen molar-refractivity contribution in [1.29, 1.82) is 0 Å². The van der Waals surface area contributed by atoms with E-state index in [9.17, 15) is 9.59 Å². The summed E-state index contributed by atoms with van der Waals surface area (Å²) in [6, 6.07) is 7.37. The van der Waals surface area contributed by atoms with Crippen LogP contribution in [0.3, 0.4) is 0 Å². The van der Waals surface area contributed by atoms with E-state index in [-0.39, 0.29) is 0 Å². The molecule has 1 saturated heterocycles. The second-order valence-electron chi connectivity index (χ2n) is 4.53. The molecule has 0 spiro atoms. The average molecular weight is 262 g/mol. The summed E-state index contributed by atoms with van der Waals surface area (Å²) < 4.78 is 5.05. The second-order valence-corrected chi connectivity index (χ2v) is 4.53. The first-order valence-electron chi connectivity index (χ1n) is 6.41. The summed E-state index contributed by atoms with van der Waals surface area (Å²) in [5, 5.41) is 2.64. The Morgan fingerprint density at radius 1 is 1.21 bits per heavy atom. The third kappa shape index (κ3) is 3.47. The molecule has 1 aromatic carbocycles. The number of rotatable bonds is 3. The van der Waals surface area contributed by atoms with Crippen molar-refractivity contribution >= 4 is 11.8 Å². The Morgan fingerprint density at radius 2 is 1.84 bits per heavy atom. The van der Waals surface area contributed by atoms with Gasteiger partial charge in [0.2, 0.25) is 0 Å². The van der Waals surface area contributed by atoms with Crippen LogP contribution in [0.2, 0.25) is 0 Å². The summed E-state index contributed by atoms with van der Waals surface area (Å²) in [6.07, 6.45) is 1.97. The summed E-state index contributed by atoms with van der Waals surface area (Å²) in [7, 11) is 1.60. The number of benzene rings is 1. The molecule has 0 aliphatic carbocycles. The molecule has 0 unspecified atom stereocenters. The van der Waals surface area contributed by atoms with Crippen molar-refractivity contribution in [2.75, 3.05) is 20.2 Å². The molecule has 19 heavy (non-hydrogen) atoms. The number of methoxy groups -OCH3 is 1. The molecule has 0 atom stereocenters. The fourth-order valence-corrected chi connectivity index (χ4v) is 2.07. The number of carbonyl (C=O) groups excluding carboxylic acids is 2. The number of amides is 2. The lowest BCUT2D eigenvalue weighted by Gasteiger charge is -2.14. The van der Waals surface area contributed by atoms with Crippen LogP contribution in [0.15, 0.2) is 24.3 Å². The van der Waals surface area contributed by atoms with Gasteiger partial charge in [-0.1, -0.05) is 12.1 Å². The van der Waals surface area contributed by atoms with Gasteiger partial charge in [0.1, 0.15) is 5.75 Å². The van der Waals surface area contributed by atoms with Gasteiger partial charge >= 0.3 is 11.8 Å².